The molecule has 100 valence electrons. The zero-order chi connectivity index (χ0) is 13.3. The molecule has 1 aliphatic rings. The van der Waals surface area contributed by atoms with Crippen molar-refractivity contribution in [2.75, 3.05) is 19.5 Å². The average Bonchev–Trinajstić information content (AvgIpc) is 2.76. The first kappa shape index (κ1) is 14.2. The van der Waals surface area contributed by atoms with Crippen molar-refractivity contribution in [3.8, 4) is 5.75 Å². The normalized spacial score (nSPS) is 14.8. The fraction of sp³-hybridized carbons (Fsp3) is 0.571. The molecular weight excluding hydrogens is 314 g/mol. The molecule has 0 radical (unpaired) electrons. The van der Waals surface area contributed by atoms with Gasteiger partial charge in [0.2, 0.25) is 0 Å². The summed E-state index contributed by atoms with van der Waals surface area (Å²) in [4.78, 5) is 2.27. The van der Waals surface area contributed by atoms with Crippen molar-refractivity contribution < 1.29 is 4.74 Å². The second kappa shape index (κ2) is 5.40. The van der Waals surface area contributed by atoms with Crippen LogP contribution < -0.4 is 4.74 Å². The second-order valence-corrected chi connectivity index (χ2v) is 6.64. The Morgan fingerprint density at radius 2 is 2.17 bits per heavy atom. The Morgan fingerprint density at radius 1 is 1.44 bits per heavy atom. The standard InChI is InChI=1S/C14H19BrClNO/c1-14(2,9-16)17(3)8-11-7-12(15)6-10-4-5-18-13(10)11/h6-7H,4-5,8-9H2,1-3H3. The fourth-order valence-electron chi connectivity index (χ4n) is 2.04. The third-order valence-corrected chi connectivity index (χ3v) is 4.71. The highest BCUT2D eigenvalue weighted by Crippen LogP contribution is 2.34. The lowest BCUT2D eigenvalue weighted by molar-refractivity contribution is 0.168. The maximum atomic E-state index is 6.02. The molecule has 1 heterocycles. The van der Waals surface area contributed by atoms with Gasteiger partial charge in [0.15, 0.2) is 0 Å². The Morgan fingerprint density at radius 3 is 2.83 bits per heavy atom. The van der Waals surface area contributed by atoms with Crippen LogP contribution in [-0.2, 0) is 13.0 Å². The molecule has 0 fully saturated rings. The lowest BCUT2D eigenvalue weighted by atomic mass is 10.0. The van der Waals surface area contributed by atoms with Crippen LogP contribution in [0.4, 0.5) is 0 Å². The van der Waals surface area contributed by atoms with Crippen molar-refractivity contribution in [2.24, 2.45) is 0 Å². The van der Waals surface area contributed by atoms with E-state index < -0.39 is 0 Å². The molecule has 2 rings (SSSR count). The first-order valence-electron chi connectivity index (χ1n) is 6.15. The lowest BCUT2D eigenvalue weighted by Gasteiger charge is -2.34. The molecule has 1 aromatic carbocycles. The van der Waals surface area contributed by atoms with Gasteiger partial charge < -0.3 is 4.74 Å². The molecule has 0 N–H and O–H groups in total. The molecule has 1 aromatic rings. The van der Waals surface area contributed by atoms with Gasteiger partial charge in [-0.05, 0) is 38.6 Å². The molecule has 0 unspecified atom stereocenters. The van der Waals surface area contributed by atoms with E-state index in [1.54, 1.807) is 0 Å². The number of nitrogens with zero attached hydrogens (tertiary/aromatic N) is 1. The summed E-state index contributed by atoms with van der Waals surface area (Å²) in [6.07, 6.45) is 1.00. The van der Waals surface area contributed by atoms with Crippen LogP contribution in [0.25, 0.3) is 0 Å². The van der Waals surface area contributed by atoms with Gasteiger partial charge in [-0.15, -0.1) is 11.6 Å². The highest BCUT2D eigenvalue weighted by atomic mass is 79.9. The summed E-state index contributed by atoms with van der Waals surface area (Å²) in [6.45, 7) is 5.95. The number of ether oxygens (including phenoxy) is 1. The van der Waals surface area contributed by atoms with Gasteiger partial charge in [-0.25, -0.2) is 0 Å². The van der Waals surface area contributed by atoms with Crippen molar-refractivity contribution in [2.45, 2.75) is 32.4 Å². The number of alkyl halides is 1. The predicted octanol–water partition coefficient (Wildman–Crippen LogP) is 3.83. The summed E-state index contributed by atoms with van der Waals surface area (Å²) < 4.78 is 6.88. The SMILES string of the molecule is CN(Cc1cc(Br)cc2c1OCC2)C(C)(C)CCl. The minimum absolute atomic E-state index is 0.0185. The van der Waals surface area contributed by atoms with Crippen LogP contribution in [0.3, 0.4) is 0 Å². The molecular formula is C14H19BrClNO. The van der Waals surface area contributed by atoms with Gasteiger partial charge in [0, 0.05) is 34.4 Å². The summed E-state index contributed by atoms with van der Waals surface area (Å²) >= 11 is 9.59. The van der Waals surface area contributed by atoms with Crippen molar-refractivity contribution in [3.63, 3.8) is 0 Å². The summed E-state index contributed by atoms with van der Waals surface area (Å²) in [6, 6.07) is 4.30. The quantitative estimate of drug-likeness (QED) is 0.777. The largest absolute Gasteiger partial charge is 0.493 e. The number of benzene rings is 1. The Hall–Kier alpha value is -0.250. The van der Waals surface area contributed by atoms with Gasteiger partial charge >= 0.3 is 0 Å². The van der Waals surface area contributed by atoms with Gasteiger partial charge in [-0.1, -0.05) is 15.9 Å². The number of hydrogen-bond donors (Lipinski definition) is 0. The van der Waals surface area contributed by atoms with Crippen LogP contribution >= 0.6 is 27.5 Å². The number of fused-ring (bicyclic) bond motifs is 1. The molecule has 18 heavy (non-hydrogen) atoms. The van der Waals surface area contributed by atoms with Gasteiger partial charge in [-0.3, -0.25) is 4.90 Å². The molecule has 0 saturated heterocycles. The molecule has 2 nitrogen and oxygen atoms in total. The number of halogens is 2. The first-order chi connectivity index (χ1) is 8.44. The van der Waals surface area contributed by atoms with Gasteiger partial charge in [-0.2, -0.15) is 0 Å². The Labute approximate surface area is 122 Å². The van der Waals surface area contributed by atoms with Crippen molar-refractivity contribution in [1.82, 2.24) is 4.90 Å². The molecule has 1 aliphatic heterocycles. The summed E-state index contributed by atoms with van der Waals surface area (Å²) in [5.41, 5.74) is 2.52. The van der Waals surface area contributed by atoms with Crippen LogP contribution in [0.5, 0.6) is 5.75 Å². The van der Waals surface area contributed by atoms with Gasteiger partial charge in [0.1, 0.15) is 5.75 Å². The summed E-state index contributed by atoms with van der Waals surface area (Å²) in [5.74, 6) is 1.68. The summed E-state index contributed by atoms with van der Waals surface area (Å²) in [5, 5.41) is 0. The maximum absolute atomic E-state index is 6.02. The van der Waals surface area contributed by atoms with E-state index in [-0.39, 0.29) is 5.54 Å². The minimum Gasteiger partial charge on any atom is -0.493 e. The second-order valence-electron chi connectivity index (χ2n) is 5.45. The first-order valence-corrected chi connectivity index (χ1v) is 7.48. The van der Waals surface area contributed by atoms with E-state index in [9.17, 15) is 0 Å². The van der Waals surface area contributed by atoms with E-state index in [1.165, 1.54) is 11.1 Å². The zero-order valence-corrected chi connectivity index (χ0v) is 13.4. The Balaban J connectivity index is 2.25. The fourth-order valence-corrected chi connectivity index (χ4v) is 2.79. The third-order valence-electron chi connectivity index (χ3n) is 3.59. The van der Waals surface area contributed by atoms with Crippen LogP contribution in [0.1, 0.15) is 25.0 Å². The van der Waals surface area contributed by atoms with E-state index >= 15 is 0 Å². The van der Waals surface area contributed by atoms with Gasteiger partial charge in [0.25, 0.3) is 0 Å². The van der Waals surface area contributed by atoms with Crippen LogP contribution in [0.15, 0.2) is 16.6 Å². The van der Waals surface area contributed by atoms with E-state index in [1.807, 2.05) is 0 Å². The van der Waals surface area contributed by atoms with E-state index in [0.717, 1.165) is 29.8 Å². The van der Waals surface area contributed by atoms with Gasteiger partial charge in [0.05, 0.1) is 6.61 Å². The molecule has 0 aromatic heterocycles. The monoisotopic (exact) mass is 331 g/mol. The number of rotatable bonds is 4. The topological polar surface area (TPSA) is 12.5 Å². The van der Waals surface area contributed by atoms with Crippen LogP contribution in [0.2, 0.25) is 0 Å². The summed E-state index contributed by atoms with van der Waals surface area (Å²) in [7, 11) is 2.10. The van der Waals surface area contributed by atoms with Crippen molar-refractivity contribution in [3.05, 3.63) is 27.7 Å². The molecule has 0 bridgehead atoms. The average molecular weight is 333 g/mol. The molecule has 0 spiro atoms. The highest BCUT2D eigenvalue weighted by Gasteiger charge is 2.25. The molecule has 0 saturated carbocycles. The van der Waals surface area contributed by atoms with E-state index in [4.69, 9.17) is 16.3 Å². The predicted molar refractivity (Wildman–Crippen MR) is 79.6 cm³/mol. The third kappa shape index (κ3) is 2.84. The molecule has 0 atom stereocenters. The Bertz CT molecular complexity index is 448. The zero-order valence-electron chi connectivity index (χ0n) is 11.1. The maximum Gasteiger partial charge on any atom is 0.127 e. The van der Waals surface area contributed by atoms with E-state index in [0.29, 0.717) is 5.88 Å². The van der Waals surface area contributed by atoms with E-state index in [2.05, 4.69) is 53.9 Å². The Kier molecular flexibility index (Phi) is 4.25. The van der Waals surface area contributed by atoms with Crippen LogP contribution in [-0.4, -0.2) is 30.0 Å². The smallest absolute Gasteiger partial charge is 0.127 e. The number of hydrogen-bond acceptors (Lipinski definition) is 2. The lowest BCUT2D eigenvalue weighted by Crippen LogP contribution is -2.42. The molecule has 0 aliphatic carbocycles. The highest BCUT2D eigenvalue weighted by molar-refractivity contribution is 9.10. The molecule has 0 amide bonds. The van der Waals surface area contributed by atoms with Crippen molar-refractivity contribution in [1.29, 1.82) is 0 Å². The van der Waals surface area contributed by atoms with Crippen LogP contribution in [0, 0.1) is 0 Å². The minimum atomic E-state index is -0.0185. The molecule has 4 heteroatoms. The van der Waals surface area contributed by atoms with Crippen molar-refractivity contribution >= 4 is 27.5 Å².